The second-order valence-corrected chi connectivity index (χ2v) is 11.3. The van der Waals surface area contributed by atoms with Crippen LogP contribution in [0, 0.1) is 6.92 Å². The molecule has 1 aliphatic rings. The number of carbonyl (C=O) groups excluding carboxylic acids is 3. The third-order valence-corrected chi connectivity index (χ3v) is 8.16. The van der Waals surface area contributed by atoms with Gasteiger partial charge in [-0.25, -0.2) is 4.39 Å². The maximum absolute atomic E-state index is 13.4. The Bertz CT molecular complexity index is 1510. The van der Waals surface area contributed by atoms with Gasteiger partial charge in [0, 0.05) is 24.0 Å². The predicted octanol–water partition coefficient (Wildman–Crippen LogP) is 5.33. The fourth-order valence-corrected chi connectivity index (χ4v) is 6.20. The van der Waals surface area contributed by atoms with Gasteiger partial charge in [0.1, 0.15) is 6.67 Å². The van der Waals surface area contributed by atoms with E-state index in [9.17, 15) is 18.8 Å². The smallest absolute Gasteiger partial charge is 0.261 e. The molecule has 10 heteroatoms. The van der Waals surface area contributed by atoms with Gasteiger partial charge in [-0.3, -0.25) is 24.0 Å². The molecule has 0 radical (unpaired) electrons. The van der Waals surface area contributed by atoms with Crippen molar-refractivity contribution in [2.24, 2.45) is 7.05 Å². The summed E-state index contributed by atoms with van der Waals surface area (Å²) in [6.07, 6.45) is 2.02. The molecule has 2 aromatic carbocycles. The number of imide groups is 1. The van der Waals surface area contributed by atoms with E-state index in [1.165, 1.54) is 16.2 Å². The van der Waals surface area contributed by atoms with Crippen molar-refractivity contribution in [3.8, 4) is 11.3 Å². The zero-order valence-corrected chi connectivity index (χ0v) is 23.1. The molecule has 1 N–H and O–H groups in total. The standard InChI is InChI=1S/C28H24BrFN4O3S/c1-16-22(25-23(29)14-31-33(25)2)12-24(38-16)26(35)32-19(11-17-6-5-7-18(10-17)13-30)15-34-27(36)20-8-3-4-9-21(20)28(34)37/h3-10,12,14,19H,11,13,15H2,1-2H3,(H,32,35)/t19-/m0/s1. The molecule has 38 heavy (non-hydrogen) atoms. The number of nitrogens with one attached hydrogen (secondary N) is 1. The van der Waals surface area contributed by atoms with Crippen LogP contribution in [0.1, 0.15) is 46.4 Å². The summed E-state index contributed by atoms with van der Waals surface area (Å²) in [7, 11) is 1.83. The normalized spacial score (nSPS) is 13.6. The Labute approximate surface area is 231 Å². The number of halogens is 2. The maximum Gasteiger partial charge on any atom is 0.261 e. The summed E-state index contributed by atoms with van der Waals surface area (Å²) in [4.78, 5) is 42.1. The fourth-order valence-electron chi connectivity index (χ4n) is 4.71. The quantitative estimate of drug-likeness (QED) is 0.280. The number of aromatic nitrogens is 2. The molecule has 0 saturated carbocycles. The molecular formula is C28H24BrFN4O3S. The van der Waals surface area contributed by atoms with E-state index >= 15 is 0 Å². The number of hydrogen-bond donors (Lipinski definition) is 1. The van der Waals surface area contributed by atoms with Crippen LogP contribution >= 0.6 is 27.3 Å². The lowest BCUT2D eigenvalue weighted by Gasteiger charge is -2.24. The first kappa shape index (κ1) is 26.0. The average molecular weight is 595 g/mol. The third kappa shape index (κ3) is 4.93. The van der Waals surface area contributed by atoms with Crippen molar-refractivity contribution >= 4 is 45.0 Å². The van der Waals surface area contributed by atoms with Crippen molar-refractivity contribution in [1.82, 2.24) is 20.0 Å². The number of alkyl halides is 1. The molecule has 194 valence electrons. The lowest BCUT2D eigenvalue weighted by atomic mass is 10.0. The number of hydrogen-bond acceptors (Lipinski definition) is 5. The molecule has 5 rings (SSSR count). The molecule has 1 aliphatic heterocycles. The highest BCUT2D eigenvalue weighted by Gasteiger charge is 2.36. The first-order valence-corrected chi connectivity index (χ1v) is 13.6. The minimum atomic E-state index is -0.607. The van der Waals surface area contributed by atoms with E-state index in [4.69, 9.17) is 0 Å². The molecule has 3 amide bonds. The van der Waals surface area contributed by atoms with Gasteiger partial charge in [-0.1, -0.05) is 36.4 Å². The number of thiophene rings is 1. The summed E-state index contributed by atoms with van der Waals surface area (Å²) >= 11 is 4.88. The van der Waals surface area contributed by atoms with Crippen LogP contribution < -0.4 is 5.32 Å². The van der Waals surface area contributed by atoms with E-state index < -0.39 is 24.5 Å². The van der Waals surface area contributed by atoms with Gasteiger partial charge in [0.15, 0.2) is 0 Å². The lowest BCUT2D eigenvalue weighted by Crippen LogP contribution is -2.46. The minimum Gasteiger partial charge on any atom is -0.346 e. The van der Waals surface area contributed by atoms with Gasteiger partial charge in [0.05, 0.1) is 38.4 Å². The zero-order chi connectivity index (χ0) is 27.0. The van der Waals surface area contributed by atoms with E-state index in [1.54, 1.807) is 53.3 Å². The summed E-state index contributed by atoms with van der Waals surface area (Å²) in [5.74, 6) is -1.10. The predicted molar refractivity (Wildman–Crippen MR) is 147 cm³/mol. The number of benzene rings is 2. The van der Waals surface area contributed by atoms with Crippen molar-refractivity contribution in [3.63, 3.8) is 0 Å². The summed E-state index contributed by atoms with van der Waals surface area (Å²) in [5, 5.41) is 7.29. The largest absolute Gasteiger partial charge is 0.346 e. The van der Waals surface area contributed by atoms with Crippen LogP contribution in [0.5, 0.6) is 0 Å². The van der Waals surface area contributed by atoms with E-state index in [1.807, 2.05) is 26.1 Å². The topological polar surface area (TPSA) is 84.3 Å². The van der Waals surface area contributed by atoms with Gasteiger partial charge < -0.3 is 5.32 Å². The highest BCUT2D eigenvalue weighted by Crippen LogP contribution is 2.35. The van der Waals surface area contributed by atoms with Crippen LogP contribution in [0.4, 0.5) is 4.39 Å². The maximum atomic E-state index is 13.4. The molecule has 4 aromatic rings. The van der Waals surface area contributed by atoms with Crippen molar-refractivity contribution in [2.45, 2.75) is 26.1 Å². The van der Waals surface area contributed by atoms with Gasteiger partial charge in [-0.05, 0) is 58.6 Å². The Hall–Kier alpha value is -3.63. The molecule has 0 aliphatic carbocycles. The summed E-state index contributed by atoms with van der Waals surface area (Å²) in [6.45, 7) is 1.32. The third-order valence-electron chi connectivity index (χ3n) is 6.53. The minimum absolute atomic E-state index is 0.0115. The lowest BCUT2D eigenvalue weighted by molar-refractivity contribution is 0.0629. The highest BCUT2D eigenvalue weighted by molar-refractivity contribution is 9.10. The van der Waals surface area contributed by atoms with Crippen LogP contribution in [0.15, 0.2) is 65.3 Å². The number of amides is 3. The molecule has 7 nitrogen and oxygen atoms in total. The fraction of sp³-hybridized carbons (Fsp3) is 0.214. The number of carbonyl (C=O) groups is 3. The molecule has 2 aromatic heterocycles. The van der Waals surface area contributed by atoms with Crippen molar-refractivity contribution in [3.05, 3.63) is 97.3 Å². The summed E-state index contributed by atoms with van der Waals surface area (Å²) in [5.41, 5.74) is 3.77. The summed E-state index contributed by atoms with van der Waals surface area (Å²) < 4.78 is 15.9. The SMILES string of the molecule is Cc1sc(C(=O)N[C@@H](Cc2cccc(CF)c2)CN2C(=O)c3ccccc3C2=O)cc1-c1c(Br)cnn1C. The number of aryl methyl sites for hydroxylation is 2. The first-order chi connectivity index (χ1) is 18.3. The van der Waals surface area contributed by atoms with Crippen LogP contribution in [-0.4, -0.2) is 45.0 Å². The van der Waals surface area contributed by atoms with Gasteiger partial charge >= 0.3 is 0 Å². The molecule has 3 heterocycles. The molecular weight excluding hydrogens is 571 g/mol. The van der Waals surface area contributed by atoms with Gasteiger partial charge in [0.25, 0.3) is 17.7 Å². The molecule has 0 spiro atoms. The number of fused-ring (bicyclic) bond motifs is 1. The van der Waals surface area contributed by atoms with E-state index in [0.717, 1.165) is 26.2 Å². The first-order valence-electron chi connectivity index (χ1n) is 11.9. The van der Waals surface area contributed by atoms with E-state index in [2.05, 4.69) is 26.3 Å². The van der Waals surface area contributed by atoms with Crippen LogP contribution in [-0.2, 0) is 20.1 Å². The Morgan fingerprint density at radius 1 is 1.05 bits per heavy atom. The monoisotopic (exact) mass is 594 g/mol. The molecule has 0 unspecified atom stereocenters. The summed E-state index contributed by atoms with van der Waals surface area (Å²) in [6, 6.07) is 14.9. The zero-order valence-electron chi connectivity index (χ0n) is 20.7. The Morgan fingerprint density at radius 2 is 1.74 bits per heavy atom. The Kier molecular flexibility index (Phi) is 7.27. The van der Waals surface area contributed by atoms with E-state index in [-0.39, 0.29) is 12.5 Å². The number of rotatable bonds is 8. The van der Waals surface area contributed by atoms with Crippen LogP contribution in [0.25, 0.3) is 11.3 Å². The number of nitrogens with zero attached hydrogens (tertiary/aromatic N) is 3. The van der Waals surface area contributed by atoms with Crippen LogP contribution in [0.2, 0.25) is 0 Å². The van der Waals surface area contributed by atoms with E-state index in [0.29, 0.717) is 28.0 Å². The van der Waals surface area contributed by atoms with Crippen molar-refractivity contribution in [1.29, 1.82) is 0 Å². The second-order valence-electron chi connectivity index (χ2n) is 9.14. The van der Waals surface area contributed by atoms with Crippen molar-refractivity contribution in [2.75, 3.05) is 6.54 Å². The van der Waals surface area contributed by atoms with Crippen molar-refractivity contribution < 1.29 is 18.8 Å². The van der Waals surface area contributed by atoms with Crippen LogP contribution in [0.3, 0.4) is 0 Å². The molecule has 1 atom stereocenters. The molecule has 0 bridgehead atoms. The Balaban J connectivity index is 1.42. The molecule has 0 fully saturated rings. The second kappa shape index (κ2) is 10.6. The average Bonchev–Trinajstić information content (AvgIpc) is 3.53. The highest BCUT2D eigenvalue weighted by atomic mass is 79.9. The van der Waals surface area contributed by atoms with Gasteiger partial charge in [-0.2, -0.15) is 5.10 Å². The molecule has 0 saturated heterocycles. The van der Waals surface area contributed by atoms with Gasteiger partial charge in [-0.15, -0.1) is 11.3 Å². The van der Waals surface area contributed by atoms with Gasteiger partial charge in [0.2, 0.25) is 0 Å². The Morgan fingerprint density at radius 3 is 2.37 bits per heavy atom.